The van der Waals surface area contributed by atoms with Crippen molar-refractivity contribution in [1.82, 2.24) is 5.32 Å². The fourth-order valence-corrected chi connectivity index (χ4v) is 3.82. The summed E-state index contributed by atoms with van der Waals surface area (Å²) in [7, 11) is 0. The highest BCUT2D eigenvalue weighted by atomic mass is 35.5. The van der Waals surface area contributed by atoms with Gasteiger partial charge >= 0.3 is 0 Å². The Morgan fingerprint density at radius 3 is 2.45 bits per heavy atom. The number of benzene rings is 1. The molecule has 0 aromatic heterocycles. The van der Waals surface area contributed by atoms with Gasteiger partial charge in [-0.3, -0.25) is 0 Å². The van der Waals surface area contributed by atoms with Gasteiger partial charge < -0.3 is 10.1 Å². The van der Waals surface area contributed by atoms with Crippen molar-refractivity contribution in [1.29, 1.82) is 0 Å². The van der Waals surface area contributed by atoms with Crippen LogP contribution in [0, 0.1) is 12.8 Å². The van der Waals surface area contributed by atoms with Crippen LogP contribution in [0.1, 0.15) is 62.0 Å². The van der Waals surface area contributed by atoms with E-state index in [1.54, 1.807) is 0 Å². The molecule has 0 radical (unpaired) electrons. The lowest BCUT2D eigenvalue weighted by Crippen LogP contribution is -2.26. The average molecular weight is 324 g/mol. The molecule has 1 N–H and O–H groups in total. The van der Waals surface area contributed by atoms with Gasteiger partial charge in [-0.05, 0) is 80.8 Å². The molecule has 2 nitrogen and oxygen atoms in total. The number of hydrogen-bond acceptors (Lipinski definition) is 2. The monoisotopic (exact) mass is 323 g/mol. The van der Waals surface area contributed by atoms with Crippen molar-refractivity contribution in [3.05, 3.63) is 29.3 Å². The highest BCUT2D eigenvalue weighted by Gasteiger charge is 2.17. The molecule has 1 aliphatic carbocycles. The molecule has 0 atom stereocenters. The molecular formula is C19H30ClNO. The highest BCUT2D eigenvalue weighted by Crippen LogP contribution is 2.30. The molecule has 0 spiro atoms. The first-order chi connectivity index (χ1) is 10.3. The van der Waals surface area contributed by atoms with Crippen molar-refractivity contribution >= 4 is 12.4 Å². The summed E-state index contributed by atoms with van der Waals surface area (Å²) in [5, 5.41) is 3.45. The maximum Gasteiger partial charge on any atom is 0.119 e. The predicted octanol–water partition coefficient (Wildman–Crippen LogP) is 4.84. The third-order valence-electron chi connectivity index (χ3n) is 5.09. The summed E-state index contributed by atoms with van der Waals surface area (Å²) in [5.41, 5.74) is 2.82. The molecule has 0 bridgehead atoms. The summed E-state index contributed by atoms with van der Waals surface area (Å²) in [6.07, 6.45) is 9.42. The normalized spacial score (nSPS) is 20.4. The number of ether oxygens (including phenoxy) is 1. The Morgan fingerprint density at radius 2 is 1.73 bits per heavy atom. The largest absolute Gasteiger partial charge is 0.493 e. The zero-order chi connectivity index (χ0) is 14.5. The van der Waals surface area contributed by atoms with E-state index in [2.05, 4.69) is 30.4 Å². The first-order valence-corrected chi connectivity index (χ1v) is 8.76. The summed E-state index contributed by atoms with van der Waals surface area (Å²) in [6, 6.07) is 6.85. The summed E-state index contributed by atoms with van der Waals surface area (Å²) >= 11 is 0. The van der Waals surface area contributed by atoms with Crippen molar-refractivity contribution in [3.63, 3.8) is 0 Å². The van der Waals surface area contributed by atoms with Gasteiger partial charge in [-0.1, -0.05) is 25.3 Å². The molecule has 0 amide bonds. The van der Waals surface area contributed by atoms with Crippen LogP contribution < -0.4 is 10.1 Å². The molecule has 0 unspecified atom stereocenters. The van der Waals surface area contributed by atoms with Crippen LogP contribution >= 0.6 is 12.4 Å². The molecule has 3 rings (SSSR count). The van der Waals surface area contributed by atoms with Gasteiger partial charge in [-0.2, -0.15) is 0 Å². The minimum atomic E-state index is 0. The lowest BCUT2D eigenvalue weighted by atomic mass is 9.89. The van der Waals surface area contributed by atoms with E-state index < -0.39 is 0 Å². The maximum atomic E-state index is 6.14. The molecule has 1 aromatic carbocycles. The molecular weight excluding hydrogens is 294 g/mol. The standard InChI is InChI=1S/C19H29NO.ClH/c1-15-11-18(17-7-9-20-10-8-17)13-19(12-15)21-14-16-5-3-2-4-6-16;/h11-13,16-17,20H,2-10,14H2,1H3;1H. The van der Waals surface area contributed by atoms with E-state index in [1.807, 2.05) is 0 Å². The third kappa shape index (κ3) is 4.89. The zero-order valence-corrected chi connectivity index (χ0v) is 14.6. The van der Waals surface area contributed by atoms with Crippen LogP contribution in [-0.2, 0) is 0 Å². The fourth-order valence-electron chi connectivity index (χ4n) is 3.82. The highest BCUT2D eigenvalue weighted by molar-refractivity contribution is 5.85. The summed E-state index contributed by atoms with van der Waals surface area (Å²) in [5.74, 6) is 2.58. The van der Waals surface area contributed by atoms with E-state index in [1.165, 1.54) is 56.1 Å². The number of aryl methyl sites for hydroxylation is 1. The van der Waals surface area contributed by atoms with Crippen LogP contribution in [0.25, 0.3) is 0 Å². The first-order valence-electron chi connectivity index (χ1n) is 8.76. The van der Waals surface area contributed by atoms with Crippen LogP contribution in [0.2, 0.25) is 0 Å². The van der Waals surface area contributed by atoms with Crippen molar-refractivity contribution in [2.45, 2.75) is 57.8 Å². The van der Waals surface area contributed by atoms with Gasteiger partial charge in [0.05, 0.1) is 6.61 Å². The van der Waals surface area contributed by atoms with Gasteiger partial charge in [0.2, 0.25) is 0 Å². The van der Waals surface area contributed by atoms with Crippen molar-refractivity contribution < 1.29 is 4.74 Å². The third-order valence-corrected chi connectivity index (χ3v) is 5.09. The molecule has 2 fully saturated rings. The molecule has 1 saturated heterocycles. The summed E-state index contributed by atoms with van der Waals surface area (Å²) in [4.78, 5) is 0. The van der Waals surface area contributed by atoms with Gasteiger partial charge in [-0.15, -0.1) is 12.4 Å². The lowest BCUT2D eigenvalue weighted by Gasteiger charge is -2.25. The molecule has 22 heavy (non-hydrogen) atoms. The van der Waals surface area contributed by atoms with Gasteiger partial charge in [0.15, 0.2) is 0 Å². The maximum absolute atomic E-state index is 6.14. The molecule has 1 saturated carbocycles. The van der Waals surface area contributed by atoms with E-state index >= 15 is 0 Å². The Hall–Kier alpha value is -0.730. The summed E-state index contributed by atoms with van der Waals surface area (Å²) in [6.45, 7) is 5.40. The Kier molecular flexibility index (Phi) is 7.04. The van der Waals surface area contributed by atoms with Gasteiger partial charge in [0.1, 0.15) is 5.75 Å². The van der Waals surface area contributed by atoms with Crippen molar-refractivity contribution in [2.75, 3.05) is 19.7 Å². The second kappa shape index (κ2) is 8.79. The topological polar surface area (TPSA) is 21.3 Å². The lowest BCUT2D eigenvalue weighted by molar-refractivity contribution is 0.208. The second-order valence-corrected chi connectivity index (χ2v) is 6.92. The van der Waals surface area contributed by atoms with Crippen LogP contribution in [-0.4, -0.2) is 19.7 Å². The molecule has 1 aromatic rings. The smallest absolute Gasteiger partial charge is 0.119 e. The van der Waals surface area contributed by atoms with Crippen molar-refractivity contribution in [3.8, 4) is 5.75 Å². The first kappa shape index (κ1) is 17.6. The fraction of sp³-hybridized carbons (Fsp3) is 0.684. The van der Waals surface area contributed by atoms with Crippen molar-refractivity contribution in [2.24, 2.45) is 5.92 Å². The number of rotatable bonds is 4. The molecule has 1 heterocycles. The number of piperidine rings is 1. The van der Waals surface area contributed by atoms with Gasteiger partial charge in [0, 0.05) is 0 Å². The SMILES string of the molecule is Cc1cc(OCC2CCCCC2)cc(C2CCNCC2)c1.Cl. The van der Waals surface area contributed by atoms with E-state index in [4.69, 9.17) is 4.74 Å². The van der Waals surface area contributed by atoms with Crippen LogP contribution in [0.3, 0.4) is 0 Å². The number of nitrogens with one attached hydrogen (secondary N) is 1. The van der Waals surface area contributed by atoms with Crippen LogP contribution in [0.5, 0.6) is 5.75 Å². The average Bonchev–Trinajstić information content (AvgIpc) is 2.54. The van der Waals surface area contributed by atoms with E-state index in [0.29, 0.717) is 5.92 Å². The molecule has 124 valence electrons. The number of hydrogen-bond donors (Lipinski definition) is 1. The number of halogens is 1. The minimum absolute atomic E-state index is 0. The Bertz CT molecular complexity index is 451. The molecule has 3 heteroatoms. The quantitative estimate of drug-likeness (QED) is 0.855. The van der Waals surface area contributed by atoms with Crippen LogP contribution in [0.4, 0.5) is 0 Å². The van der Waals surface area contributed by atoms with E-state index in [9.17, 15) is 0 Å². The van der Waals surface area contributed by atoms with E-state index in [0.717, 1.165) is 31.4 Å². The Morgan fingerprint density at radius 1 is 1.00 bits per heavy atom. The van der Waals surface area contributed by atoms with Gasteiger partial charge in [-0.25, -0.2) is 0 Å². The molecule has 2 aliphatic rings. The van der Waals surface area contributed by atoms with Gasteiger partial charge in [0.25, 0.3) is 0 Å². The predicted molar refractivity (Wildman–Crippen MR) is 95.3 cm³/mol. The Labute approximate surface area is 141 Å². The summed E-state index contributed by atoms with van der Waals surface area (Å²) < 4.78 is 6.14. The minimum Gasteiger partial charge on any atom is -0.493 e. The second-order valence-electron chi connectivity index (χ2n) is 6.92. The van der Waals surface area contributed by atoms with E-state index in [-0.39, 0.29) is 12.4 Å². The van der Waals surface area contributed by atoms with Crippen LogP contribution in [0.15, 0.2) is 18.2 Å². The zero-order valence-electron chi connectivity index (χ0n) is 13.8. The Balaban J connectivity index is 0.00000176. The molecule has 1 aliphatic heterocycles.